The van der Waals surface area contributed by atoms with Crippen molar-refractivity contribution in [3.8, 4) is 5.75 Å². The predicted octanol–water partition coefficient (Wildman–Crippen LogP) is 3.86. The first-order valence-corrected chi connectivity index (χ1v) is 8.66. The van der Waals surface area contributed by atoms with Gasteiger partial charge in [-0.05, 0) is 59.8 Å². The summed E-state index contributed by atoms with van der Waals surface area (Å²) in [4.78, 5) is 24.9. The van der Waals surface area contributed by atoms with Crippen LogP contribution in [0.5, 0.6) is 5.75 Å². The Bertz CT molecular complexity index is 894. The average molecular weight is 389 g/mol. The van der Waals surface area contributed by atoms with Crippen molar-refractivity contribution in [1.29, 1.82) is 5.41 Å². The van der Waals surface area contributed by atoms with E-state index in [1.165, 1.54) is 4.90 Å². The van der Waals surface area contributed by atoms with E-state index in [-0.39, 0.29) is 11.1 Å². The first-order valence-electron chi connectivity index (χ1n) is 7.47. The summed E-state index contributed by atoms with van der Waals surface area (Å²) >= 11 is 6.94. The second-order valence-electron chi connectivity index (χ2n) is 5.28. The van der Waals surface area contributed by atoms with Crippen LogP contribution in [0, 0.1) is 5.41 Å². The number of carbonyl (C=O) groups excluding carboxylic acids is 1. The number of carboxylic acid groups (broad SMARTS) is 1. The smallest absolute Gasteiger partial charge is 0.341 e. The van der Waals surface area contributed by atoms with Gasteiger partial charge in [-0.15, -0.1) is 0 Å². The van der Waals surface area contributed by atoms with Gasteiger partial charge < -0.3 is 9.84 Å². The molecule has 0 bridgehead atoms. The minimum atomic E-state index is -1.05. The van der Waals surface area contributed by atoms with Gasteiger partial charge in [-0.1, -0.05) is 23.7 Å². The lowest BCUT2D eigenvalue weighted by Crippen LogP contribution is -2.27. The first-order chi connectivity index (χ1) is 12.4. The summed E-state index contributed by atoms with van der Waals surface area (Å²) in [5.74, 6) is -0.908. The van der Waals surface area contributed by atoms with E-state index in [0.29, 0.717) is 21.4 Å². The third kappa shape index (κ3) is 4.07. The van der Waals surface area contributed by atoms with Crippen LogP contribution in [0.3, 0.4) is 0 Å². The van der Waals surface area contributed by atoms with Gasteiger partial charge in [0, 0.05) is 5.02 Å². The molecule has 26 heavy (non-hydrogen) atoms. The van der Waals surface area contributed by atoms with Gasteiger partial charge in [0.05, 0.1) is 10.6 Å². The van der Waals surface area contributed by atoms with Crippen LogP contribution in [0.15, 0.2) is 53.4 Å². The number of hydrogen-bond donors (Lipinski definition) is 2. The fourth-order valence-corrected chi connectivity index (χ4v) is 3.26. The number of benzene rings is 2. The summed E-state index contributed by atoms with van der Waals surface area (Å²) in [6.45, 7) is -0.415. The molecule has 1 amide bonds. The fraction of sp³-hybridized carbons (Fsp3) is 0.0556. The third-order valence-electron chi connectivity index (χ3n) is 3.45. The maximum absolute atomic E-state index is 12.6. The Balaban J connectivity index is 1.77. The van der Waals surface area contributed by atoms with Crippen LogP contribution >= 0.6 is 23.4 Å². The van der Waals surface area contributed by atoms with Crippen molar-refractivity contribution in [2.24, 2.45) is 0 Å². The maximum Gasteiger partial charge on any atom is 0.341 e. The Morgan fingerprint density at radius 1 is 1.19 bits per heavy atom. The monoisotopic (exact) mass is 388 g/mol. The molecule has 8 heteroatoms. The van der Waals surface area contributed by atoms with Crippen molar-refractivity contribution in [3.63, 3.8) is 0 Å². The second-order valence-corrected chi connectivity index (χ2v) is 6.75. The van der Waals surface area contributed by atoms with Crippen molar-refractivity contribution in [2.45, 2.75) is 0 Å². The van der Waals surface area contributed by atoms with E-state index in [2.05, 4.69) is 0 Å². The second kappa shape index (κ2) is 7.63. The van der Waals surface area contributed by atoms with Gasteiger partial charge in [-0.3, -0.25) is 15.1 Å². The van der Waals surface area contributed by atoms with Crippen LogP contribution in [0.25, 0.3) is 6.08 Å². The van der Waals surface area contributed by atoms with E-state index in [0.717, 1.165) is 17.3 Å². The predicted molar refractivity (Wildman–Crippen MR) is 102 cm³/mol. The Morgan fingerprint density at radius 3 is 2.46 bits per heavy atom. The summed E-state index contributed by atoms with van der Waals surface area (Å²) < 4.78 is 5.07. The zero-order valence-corrected chi connectivity index (χ0v) is 14.9. The molecule has 2 aromatic rings. The highest BCUT2D eigenvalue weighted by Gasteiger charge is 2.33. The van der Waals surface area contributed by atoms with Gasteiger partial charge in [0.25, 0.3) is 5.91 Å². The highest BCUT2D eigenvalue weighted by atomic mass is 35.5. The zero-order chi connectivity index (χ0) is 18.7. The Labute approximate surface area is 158 Å². The minimum absolute atomic E-state index is 0.116. The molecule has 1 fully saturated rings. The molecule has 0 saturated carbocycles. The number of thioether (sulfide) groups is 1. The molecule has 0 atom stereocenters. The number of ether oxygens (including phenoxy) is 1. The van der Waals surface area contributed by atoms with Gasteiger partial charge >= 0.3 is 5.97 Å². The number of nitrogens with zero attached hydrogens (tertiary/aromatic N) is 1. The molecule has 2 N–H and O–H groups in total. The van der Waals surface area contributed by atoms with E-state index in [9.17, 15) is 9.59 Å². The van der Waals surface area contributed by atoms with Gasteiger partial charge in [0.15, 0.2) is 11.8 Å². The van der Waals surface area contributed by atoms with Crippen LogP contribution in [0.4, 0.5) is 5.69 Å². The number of carboxylic acids is 1. The van der Waals surface area contributed by atoms with E-state index in [1.807, 2.05) is 0 Å². The lowest BCUT2D eigenvalue weighted by atomic mass is 10.2. The molecule has 0 aliphatic carbocycles. The van der Waals surface area contributed by atoms with Crippen molar-refractivity contribution in [3.05, 3.63) is 64.0 Å². The average Bonchev–Trinajstić information content (AvgIpc) is 2.89. The molecule has 2 aromatic carbocycles. The van der Waals surface area contributed by atoms with Crippen LogP contribution in [-0.4, -0.2) is 28.8 Å². The molecular weight excluding hydrogens is 376 g/mol. The van der Waals surface area contributed by atoms with Crippen LogP contribution in [-0.2, 0) is 9.59 Å². The van der Waals surface area contributed by atoms with Crippen molar-refractivity contribution in [2.75, 3.05) is 11.5 Å². The number of amidine groups is 1. The third-order valence-corrected chi connectivity index (χ3v) is 4.59. The minimum Gasteiger partial charge on any atom is -0.482 e. The Kier molecular flexibility index (Phi) is 5.29. The summed E-state index contributed by atoms with van der Waals surface area (Å²) in [5.41, 5.74) is 1.33. The molecule has 0 spiro atoms. The number of aliphatic carboxylic acids is 1. The number of amides is 1. The van der Waals surface area contributed by atoms with Crippen LogP contribution in [0.1, 0.15) is 5.56 Å². The van der Waals surface area contributed by atoms with Crippen molar-refractivity contribution < 1.29 is 19.4 Å². The van der Waals surface area contributed by atoms with Crippen LogP contribution in [0.2, 0.25) is 5.02 Å². The Hall–Kier alpha value is -2.77. The zero-order valence-electron chi connectivity index (χ0n) is 13.3. The van der Waals surface area contributed by atoms with Gasteiger partial charge in [-0.25, -0.2) is 4.79 Å². The number of hydrogen-bond acceptors (Lipinski definition) is 5. The summed E-state index contributed by atoms with van der Waals surface area (Å²) in [6, 6.07) is 13.4. The number of nitrogens with one attached hydrogen (secondary N) is 1. The Morgan fingerprint density at radius 2 is 1.85 bits per heavy atom. The van der Waals surface area contributed by atoms with Crippen molar-refractivity contribution >= 4 is 52.2 Å². The topological polar surface area (TPSA) is 90.7 Å². The van der Waals surface area contributed by atoms with Gasteiger partial charge in [-0.2, -0.15) is 0 Å². The largest absolute Gasteiger partial charge is 0.482 e. The molecule has 1 aliphatic rings. The molecular formula is C18H13ClN2O4S. The lowest BCUT2D eigenvalue weighted by molar-refractivity contribution is -0.139. The number of halogens is 1. The summed E-state index contributed by atoms with van der Waals surface area (Å²) in [5, 5.41) is 17.3. The number of rotatable bonds is 5. The molecule has 0 aromatic heterocycles. The molecule has 0 radical (unpaired) electrons. The van der Waals surface area contributed by atoms with E-state index in [4.69, 9.17) is 26.9 Å². The normalized spacial score (nSPS) is 15.6. The lowest BCUT2D eigenvalue weighted by Gasteiger charge is -2.14. The van der Waals surface area contributed by atoms with Gasteiger partial charge in [0.1, 0.15) is 5.75 Å². The SMILES string of the molecule is N=C1S/C(=C/c2ccc(OCC(=O)O)cc2)C(=O)N1c1ccc(Cl)cc1. The molecule has 1 aliphatic heterocycles. The van der Waals surface area contributed by atoms with E-state index >= 15 is 0 Å². The molecule has 132 valence electrons. The number of carbonyl (C=O) groups is 2. The van der Waals surface area contributed by atoms with Crippen LogP contribution < -0.4 is 9.64 Å². The fourth-order valence-electron chi connectivity index (χ4n) is 2.27. The molecule has 3 rings (SSSR count). The molecule has 0 unspecified atom stereocenters. The number of anilines is 1. The highest BCUT2D eigenvalue weighted by molar-refractivity contribution is 8.19. The summed E-state index contributed by atoms with van der Waals surface area (Å²) in [7, 11) is 0. The highest BCUT2D eigenvalue weighted by Crippen LogP contribution is 2.35. The van der Waals surface area contributed by atoms with E-state index in [1.54, 1.807) is 54.6 Å². The van der Waals surface area contributed by atoms with Crippen molar-refractivity contribution in [1.82, 2.24) is 0 Å². The van der Waals surface area contributed by atoms with E-state index < -0.39 is 12.6 Å². The standard InChI is InChI=1S/C18H13ClN2O4S/c19-12-3-5-13(6-4-12)21-17(24)15(26-18(21)20)9-11-1-7-14(8-2-11)25-10-16(22)23/h1-9,20H,10H2,(H,22,23)/b15-9+,20-18?. The molecule has 6 nitrogen and oxygen atoms in total. The molecule has 1 saturated heterocycles. The molecule has 1 heterocycles. The first kappa shape index (κ1) is 18.0. The quantitative estimate of drug-likeness (QED) is 0.759. The maximum atomic E-state index is 12.6. The summed E-state index contributed by atoms with van der Waals surface area (Å²) in [6.07, 6.45) is 1.68. The van der Waals surface area contributed by atoms with Gasteiger partial charge in [0.2, 0.25) is 0 Å².